The molecule has 3 aromatic rings. The number of nitrogens with zero attached hydrogens (tertiary/aromatic N) is 1. The lowest BCUT2D eigenvalue weighted by Crippen LogP contribution is -2.30. The Morgan fingerprint density at radius 2 is 1.48 bits per heavy atom. The van der Waals surface area contributed by atoms with Crippen LogP contribution in [0.25, 0.3) is 0 Å². The van der Waals surface area contributed by atoms with Crippen LogP contribution in [0.2, 0.25) is 0 Å². The van der Waals surface area contributed by atoms with Crippen LogP contribution < -0.4 is 9.64 Å². The predicted octanol–water partition coefficient (Wildman–Crippen LogP) is 4.15. The fraction of sp³-hybridized carbons (Fsp3) is 0.154. The molecular formula is C26H21NO6. The maximum Gasteiger partial charge on any atom is 0.338 e. The molecule has 2 amide bonds. The van der Waals surface area contributed by atoms with Gasteiger partial charge in [0.1, 0.15) is 5.75 Å². The van der Waals surface area contributed by atoms with Crippen LogP contribution in [0, 0.1) is 13.8 Å². The number of hydrogen-bond donors (Lipinski definition) is 0. The third-order valence-electron chi connectivity index (χ3n) is 5.46. The largest absolute Gasteiger partial charge is 0.497 e. The summed E-state index contributed by atoms with van der Waals surface area (Å²) in [5.74, 6) is -1.48. The molecule has 0 aliphatic carbocycles. The van der Waals surface area contributed by atoms with Gasteiger partial charge in [-0.1, -0.05) is 17.7 Å². The number of esters is 1. The number of benzene rings is 3. The molecule has 0 saturated heterocycles. The number of Topliss-reactive ketones (excluding diaryl/α,β-unsaturated/α-hetero) is 1. The van der Waals surface area contributed by atoms with E-state index in [1.54, 1.807) is 30.3 Å². The molecule has 166 valence electrons. The Morgan fingerprint density at radius 3 is 2.15 bits per heavy atom. The minimum atomic E-state index is -0.759. The number of anilines is 1. The molecule has 0 fully saturated rings. The number of rotatable bonds is 6. The summed E-state index contributed by atoms with van der Waals surface area (Å²) >= 11 is 0. The smallest absolute Gasteiger partial charge is 0.338 e. The number of imide groups is 1. The molecule has 0 aromatic heterocycles. The zero-order valence-electron chi connectivity index (χ0n) is 18.4. The Hall–Kier alpha value is -4.26. The fourth-order valence-corrected chi connectivity index (χ4v) is 3.72. The van der Waals surface area contributed by atoms with Gasteiger partial charge in [-0.2, -0.15) is 0 Å². The third kappa shape index (κ3) is 4.13. The molecule has 1 aliphatic rings. The SMILES string of the molecule is COc1ccc(C(=O)COC(=O)c2ccc3c(c2)C(=O)N(c2ccc(C)cc2C)C3=O)cc1. The molecule has 0 radical (unpaired) electrons. The first-order valence-corrected chi connectivity index (χ1v) is 10.2. The zero-order valence-corrected chi connectivity index (χ0v) is 18.4. The summed E-state index contributed by atoms with van der Waals surface area (Å²) in [5.41, 5.74) is 3.10. The van der Waals surface area contributed by atoms with Crippen LogP contribution in [0.1, 0.15) is 52.6 Å². The van der Waals surface area contributed by atoms with Crippen molar-refractivity contribution in [2.75, 3.05) is 18.6 Å². The Kier molecular flexibility index (Phi) is 5.79. The highest BCUT2D eigenvalue weighted by Gasteiger charge is 2.37. The van der Waals surface area contributed by atoms with Gasteiger partial charge in [-0.25, -0.2) is 9.69 Å². The Bertz CT molecular complexity index is 1290. The van der Waals surface area contributed by atoms with E-state index >= 15 is 0 Å². The summed E-state index contributed by atoms with van der Waals surface area (Å²) in [6.07, 6.45) is 0. The Labute approximate surface area is 190 Å². The number of amides is 2. The quantitative estimate of drug-likeness (QED) is 0.323. The highest BCUT2D eigenvalue weighted by atomic mass is 16.5. The molecule has 0 spiro atoms. The maximum atomic E-state index is 13.0. The van der Waals surface area contributed by atoms with E-state index < -0.39 is 24.4 Å². The number of ketones is 1. The summed E-state index contributed by atoms with van der Waals surface area (Å²) in [5, 5.41) is 0. The molecule has 0 N–H and O–H groups in total. The Morgan fingerprint density at radius 1 is 0.818 bits per heavy atom. The van der Waals surface area contributed by atoms with Gasteiger partial charge in [0, 0.05) is 5.56 Å². The van der Waals surface area contributed by atoms with E-state index in [1.807, 2.05) is 26.0 Å². The second-order valence-electron chi connectivity index (χ2n) is 7.72. The van der Waals surface area contributed by atoms with E-state index in [-0.39, 0.29) is 22.5 Å². The summed E-state index contributed by atoms with van der Waals surface area (Å²) in [6, 6.07) is 16.1. The molecule has 1 heterocycles. The first-order valence-electron chi connectivity index (χ1n) is 10.2. The van der Waals surface area contributed by atoms with Crippen molar-refractivity contribution < 1.29 is 28.7 Å². The average molecular weight is 443 g/mol. The fourth-order valence-electron chi connectivity index (χ4n) is 3.72. The topological polar surface area (TPSA) is 90.0 Å². The molecule has 33 heavy (non-hydrogen) atoms. The second-order valence-corrected chi connectivity index (χ2v) is 7.72. The van der Waals surface area contributed by atoms with Crippen LogP contribution in [0.4, 0.5) is 5.69 Å². The summed E-state index contributed by atoms with van der Waals surface area (Å²) in [7, 11) is 1.52. The monoisotopic (exact) mass is 443 g/mol. The summed E-state index contributed by atoms with van der Waals surface area (Å²) in [4.78, 5) is 51.8. The van der Waals surface area contributed by atoms with Crippen LogP contribution in [-0.4, -0.2) is 37.3 Å². The molecule has 7 nitrogen and oxygen atoms in total. The van der Waals surface area contributed by atoms with Crippen LogP contribution in [0.15, 0.2) is 60.7 Å². The van der Waals surface area contributed by atoms with E-state index in [2.05, 4.69) is 0 Å². The molecular weight excluding hydrogens is 422 g/mol. The van der Waals surface area contributed by atoms with Gasteiger partial charge in [-0.15, -0.1) is 0 Å². The lowest BCUT2D eigenvalue weighted by molar-refractivity contribution is 0.0474. The lowest BCUT2D eigenvalue weighted by Gasteiger charge is -2.16. The molecule has 7 heteroatoms. The first kappa shape index (κ1) is 22.0. The van der Waals surface area contributed by atoms with E-state index in [1.165, 1.54) is 25.3 Å². The van der Waals surface area contributed by atoms with Gasteiger partial charge in [-0.3, -0.25) is 14.4 Å². The molecule has 4 rings (SSSR count). The van der Waals surface area contributed by atoms with Crippen LogP contribution >= 0.6 is 0 Å². The number of fused-ring (bicyclic) bond motifs is 1. The van der Waals surface area contributed by atoms with Gasteiger partial charge >= 0.3 is 5.97 Å². The van der Waals surface area contributed by atoms with Crippen molar-refractivity contribution in [1.29, 1.82) is 0 Å². The lowest BCUT2D eigenvalue weighted by atomic mass is 10.1. The van der Waals surface area contributed by atoms with Gasteiger partial charge in [0.2, 0.25) is 0 Å². The van der Waals surface area contributed by atoms with Crippen LogP contribution in [0.5, 0.6) is 5.75 Å². The number of aryl methyl sites for hydroxylation is 2. The molecule has 3 aromatic carbocycles. The first-order chi connectivity index (χ1) is 15.8. The summed E-state index contributed by atoms with van der Waals surface area (Å²) in [6.45, 7) is 3.30. The van der Waals surface area contributed by atoms with Crippen molar-refractivity contribution in [3.63, 3.8) is 0 Å². The van der Waals surface area contributed by atoms with Gasteiger partial charge in [0.25, 0.3) is 11.8 Å². The van der Waals surface area contributed by atoms with E-state index in [0.717, 1.165) is 16.0 Å². The molecule has 0 unspecified atom stereocenters. The van der Waals surface area contributed by atoms with Crippen molar-refractivity contribution >= 4 is 29.3 Å². The van der Waals surface area contributed by atoms with E-state index in [0.29, 0.717) is 17.0 Å². The second kappa shape index (κ2) is 8.70. The van der Waals surface area contributed by atoms with Crippen molar-refractivity contribution in [3.05, 3.63) is 94.0 Å². The highest BCUT2D eigenvalue weighted by Crippen LogP contribution is 2.31. The van der Waals surface area contributed by atoms with E-state index in [4.69, 9.17) is 9.47 Å². The zero-order chi connectivity index (χ0) is 23.7. The van der Waals surface area contributed by atoms with Crippen molar-refractivity contribution in [2.45, 2.75) is 13.8 Å². The molecule has 0 saturated carbocycles. The molecule has 1 aliphatic heterocycles. The highest BCUT2D eigenvalue weighted by molar-refractivity contribution is 6.35. The van der Waals surface area contributed by atoms with Crippen LogP contribution in [-0.2, 0) is 4.74 Å². The number of methoxy groups -OCH3 is 1. The van der Waals surface area contributed by atoms with Gasteiger partial charge in [-0.05, 0) is 67.9 Å². The summed E-state index contributed by atoms with van der Waals surface area (Å²) < 4.78 is 10.2. The number of carbonyl (C=O) groups excluding carboxylic acids is 4. The van der Waals surface area contributed by atoms with Gasteiger partial charge in [0.15, 0.2) is 12.4 Å². The minimum Gasteiger partial charge on any atom is -0.497 e. The van der Waals surface area contributed by atoms with Crippen LogP contribution in [0.3, 0.4) is 0 Å². The van der Waals surface area contributed by atoms with Crippen molar-refractivity contribution in [2.24, 2.45) is 0 Å². The maximum absolute atomic E-state index is 13.0. The predicted molar refractivity (Wildman–Crippen MR) is 121 cm³/mol. The van der Waals surface area contributed by atoms with Gasteiger partial charge in [0.05, 0.1) is 29.5 Å². The minimum absolute atomic E-state index is 0.0832. The molecule has 0 bridgehead atoms. The standard InChI is InChI=1S/C26H21NO6/c1-15-4-11-22(16(2)12-15)27-24(29)20-10-7-18(13-21(20)25(27)30)26(31)33-14-23(28)17-5-8-19(32-3)9-6-17/h4-13H,14H2,1-3H3. The molecule has 0 atom stereocenters. The number of hydrogen-bond acceptors (Lipinski definition) is 6. The number of ether oxygens (including phenoxy) is 2. The van der Waals surface area contributed by atoms with Gasteiger partial charge < -0.3 is 9.47 Å². The van der Waals surface area contributed by atoms with Crippen molar-refractivity contribution in [1.82, 2.24) is 0 Å². The normalized spacial score (nSPS) is 12.5. The van der Waals surface area contributed by atoms with E-state index in [9.17, 15) is 19.2 Å². The average Bonchev–Trinajstić information content (AvgIpc) is 3.07. The van der Waals surface area contributed by atoms with Crippen molar-refractivity contribution in [3.8, 4) is 5.75 Å². The number of carbonyl (C=O) groups is 4. The Balaban J connectivity index is 1.50. The third-order valence-corrected chi connectivity index (χ3v) is 5.46.